The summed E-state index contributed by atoms with van der Waals surface area (Å²) in [5.74, 6) is -4.16. The van der Waals surface area contributed by atoms with Crippen molar-refractivity contribution in [2.45, 2.75) is 53.4 Å². The van der Waals surface area contributed by atoms with E-state index in [1.165, 1.54) is 0 Å². The number of fused-ring (bicyclic) bond motifs is 6. The highest BCUT2D eigenvalue weighted by Crippen LogP contribution is 2.49. The molecule has 2 aliphatic carbocycles. The molecule has 4 aromatic carbocycles. The fraction of sp³-hybridized carbons (Fsp3) is 0.444. The molecule has 0 fully saturated rings. The molecular formula is C36H38O8. The highest BCUT2D eigenvalue weighted by molar-refractivity contribution is 6.27. The van der Waals surface area contributed by atoms with Crippen molar-refractivity contribution in [2.24, 2.45) is 23.7 Å². The number of hydrogen-bond acceptors (Lipinski definition) is 8. The SMILES string of the molecule is CCOC(=O)[C@H]1Cc2c(c3cccc4c5c(c6cccc2c6c34)C[C@H](C(=O)OCC)[C@H](C(=O)OCC)C5)C[C@H]1C(=O)OCC. The summed E-state index contributed by atoms with van der Waals surface area (Å²) in [6.07, 6.45) is 1.44. The minimum Gasteiger partial charge on any atom is -0.466 e. The Labute approximate surface area is 256 Å². The highest BCUT2D eigenvalue weighted by Gasteiger charge is 2.44. The van der Waals surface area contributed by atoms with E-state index in [0.29, 0.717) is 25.7 Å². The topological polar surface area (TPSA) is 105 Å². The van der Waals surface area contributed by atoms with Gasteiger partial charge in [0, 0.05) is 0 Å². The monoisotopic (exact) mass is 598 g/mol. The number of rotatable bonds is 8. The van der Waals surface area contributed by atoms with Crippen LogP contribution in [0.4, 0.5) is 0 Å². The van der Waals surface area contributed by atoms with Crippen molar-refractivity contribution in [3.63, 3.8) is 0 Å². The molecular weight excluding hydrogens is 560 g/mol. The van der Waals surface area contributed by atoms with Gasteiger partial charge in [-0.2, -0.15) is 0 Å². The highest BCUT2D eigenvalue weighted by atomic mass is 16.5. The lowest BCUT2D eigenvalue weighted by molar-refractivity contribution is -0.160. The van der Waals surface area contributed by atoms with E-state index in [0.717, 1.165) is 54.6 Å². The van der Waals surface area contributed by atoms with E-state index in [2.05, 4.69) is 24.3 Å². The molecule has 2 aliphatic rings. The Morgan fingerprint density at radius 2 is 0.705 bits per heavy atom. The zero-order valence-electron chi connectivity index (χ0n) is 25.7. The first-order valence-electron chi connectivity index (χ1n) is 15.7. The predicted octanol–water partition coefficient (Wildman–Crippen LogP) is 5.50. The van der Waals surface area contributed by atoms with Gasteiger partial charge in [0.05, 0.1) is 50.1 Å². The Morgan fingerprint density at radius 3 is 0.909 bits per heavy atom. The second-order valence-corrected chi connectivity index (χ2v) is 11.6. The van der Waals surface area contributed by atoms with Gasteiger partial charge in [0.2, 0.25) is 0 Å². The molecule has 8 nitrogen and oxygen atoms in total. The summed E-state index contributed by atoms with van der Waals surface area (Å²) in [5, 5.41) is 6.26. The molecule has 0 heterocycles. The second-order valence-electron chi connectivity index (χ2n) is 11.6. The van der Waals surface area contributed by atoms with Crippen molar-refractivity contribution in [3.8, 4) is 0 Å². The molecule has 0 radical (unpaired) electrons. The number of benzene rings is 4. The third kappa shape index (κ3) is 4.75. The first-order valence-corrected chi connectivity index (χ1v) is 15.7. The van der Waals surface area contributed by atoms with Crippen LogP contribution in [0.15, 0.2) is 36.4 Å². The average molecular weight is 599 g/mol. The minimum atomic E-state index is -0.653. The van der Waals surface area contributed by atoms with Crippen LogP contribution < -0.4 is 0 Å². The Bertz CT molecular complexity index is 1520. The Kier molecular flexibility index (Phi) is 8.18. The van der Waals surface area contributed by atoms with E-state index < -0.39 is 23.7 Å². The van der Waals surface area contributed by atoms with Crippen LogP contribution in [0.5, 0.6) is 0 Å². The maximum Gasteiger partial charge on any atom is 0.310 e. The van der Waals surface area contributed by atoms with E-state index in [1.54, 1.807) is 27.7 Å². The number of ether oxygens (including phenoxy) is 4. The van der Waals surface area contributed by atoms with Gasteiger partial charge in [0.15, 0.2) is 0 Å². The summed E-state index contributed by atoms with van der Waals surface area (Å²) in [6, 6.07) is 12.4. The molecule has 44 heavy (non-hydrogen) atoms. The van der Waals surface area contributed by atoms with Gasteiger partial charge in [0.1, 0.15) is 0 Å². The summed E-state index contributed by atoms with van der Waals surface area (Å²) in [5.41, 5.74) is 4.15. The molecule has 0 unspecified atom stereocenters. The van der Waals surface area contributed by atoms with Crippen LogP contribution in [-0.4, -0.2) is 50.3 Å². The van der Waals surface area contributed by atoms with Gasteiger partial charge in [-0.05, 0) is 108 Å². The quantitative estimate of drug-likeness (QED) is 0.149. The molecule has 230 valence electrons. The molecule has 0 saturated heterocycles. The van der Waals surface area contributed by atoms with Crippen molar-refractivity contribution in [1.82, 2.24) is 0 Å². The van der Waals surface area contributed by atoms with Crippen molar-refractivity contribution in [3.05, 3.63) is 58.7 Å². The predicted molar refractivity (Wildman–Crippen MR) is 165 cm³/mol. The van der Waals surface area contributed by atoms with Crippen LogP contribution in [0.2, 0.25) is 0 Å². The Morgan fingerprint density at radius 1 is 0.477 bits per heavy atom. The van der Waals surface area contributed by atoms with E-state index in [-0.39, 0.29) is 50.3 Å². The van der Waals surface area contributed by atoms with Crippen molar-refractivity contribution in [1.29, 1.82) is 0 Å². The van der Waals surface area contributed by atoms with E-state index >= 15 is 0 Å². The lowest BCUT2D eigenvalue weighted by atomic mass is 9.69. The van der Waals surface area contributed by atoms with Crippen LogP contribution >= 0.6 is 0 Å². The fourth-order valence-electron chi connectivity index (χ4n) is 7.67. The number of esters is 4. The zero-order valence-corrected chi connectivity index (χ0v) is 25.7. The molecule has 0 amide bonds. The first kappa shape index (κ1) is 29.9. The normalized spacial score (nSPS) is 21.1. The number of carbonyl (C=O) groups is 4. The smallest absolute Gasteiger partial charge is 0.310 e. The summed E-state index contributed by atoms with van der Waals surface area (Å²) < 4.78 is 21.8. The summed E-state index contributed by atoms with van der Waals surface area (Å²) in [7, 11) is 0. The number of hydrogen-bond donors (Lipinski definition) is 0. The molecule has 0 spiro atoms. The van der Waals surface area contributed by atoms with Gasteiger partial charge in [-0.1, -0.05) is 36.4 Å². The Balaban J connectivity index is 1.60. The molecule has 8 heteroatoms. The van der Waals surface area contributed by atoms with Gasteiger partial charge < -0.3 is 18.9 Å². The lowest BCUT2D eigenvalue weighted by Crippen LogP contribution is -2.39. The molecule has 0 bridgehead atoms. The maximum atomic E-state index is 13.2. The maximum absolute atomic E-state index is 13.2. The van der Waals surface area contributed by atoms with Crippen LogP contribution in [0, 0.1) is 23.7 Å². The third-order valence-corrected chi connectivity index (χ3v) is 9.43. The zero-order chi connectivity index (χ0) is 31.1. The van der Waals surface area contributed by atoms with Crippen molar-refractivity contribution >= 4 is 56.2 Å². The summed E-state index contributed by atoms with van der Waals surface area (Å²) >= 11 is 0. The molecule has 4 atom stereocenters. The van der Waals surface area contributed by atoms with E-state index in [4.69, 9.17) is 18.9 Å². The van der Waals surface area contributed by atoms with Gasteiger partial charge >= 0.3 is 23.9 Å². The third-order valence-electron chi connectivity index (χ3n) is 9.43. The molecule has 4 aromatic rings. The van der Waals surface area contributed by atoms with Crippen LogP contribution in [0.1, 0.15) is 49.9 Å². The second kappa shape index (κ2) is 12.1. The van der Waals surface area contributed by atoms with Gasteiger partial charge in [-0.3, -0.25) is 19.2 Å². The fourth-order valence-corrected chi connectivity index (χ4v) is 7.67. The summed E-state index contributed by atoms with van der Waals surface area (Å²) in [4.78, 5) is 52.9. The summed E-state index contributed by atoms with van der Waals surface area (Å²) in [6.45, 7) is 7.99. The van der Waals surface area contributed by atoms with Gasteiger partial charge in [0.25, 0.3) is 0 Å². The number of carbonyl (C=O) groups excluding carboxylic acids is 4. The molecule has 0 aliphatic heterocycles. The average Bonchev–Trinajstić information content (AvgIpc) is 3.03. The molecule has 6 rings (SSSR count). The largest absolute Gasteiger partial charge is 0.466 e. The lowest BCUT2D eigenvalue weighted by Gasteiger charge is -2.35. The Hall–Kier alpha value is -4.20. The van der Waals surface area contributed by atoms with Crippen molar-refractivity contribution < 1.29 is 38.1 Å². The van der Waals surface area contributed by atoms with Crippen molar-refractivity contribution in [2.75, 3.05) is 26.4 Å². The minimum absolute atomic E-state index is 0.231. The van der Waals surface area contributed by atoms with Crippen LogP contribution in [0.25, 0.3) is 32.3 Å². The molecule has 0 aromatic heterocycles. The van der Waals surface area contributed by atoms with Crippen LogP contribution in [0.3, 0.4) is 0 Å². The standard InChI is InChI=1S/C36H38O8/c1-5-41-33(37)27-15-23-19-11-9-13-21-25-17-29(35(39)43-7-3)30(36(40)44-8-4)18-26(25)22-14-10-12-20(32(22)31(19)21)24(23)16-28(27)34(38)42-6-2/h9-14,27-30H,5-8,15-18H2,1-4H3/t27-,28+,29-,30+. The molecule has 0 saturated carbocycles. The van der Waals surface area contributed by atoms with E-state index in [9.17, 15) is 19.2 Å². The van der Waals surface area contributed by atoms with Crippen LogP contribution in [-0.2, 0) is 63.8 Å². The van der Waals surface area contributed by atoms with E-state index in [1.807, 2.05) is 12.1 Å². The van der Waals surface area contributed by atoms with Gasteiger partial charge in [-0.15, -0.1) is 0 Å². The van der Waals surface area contributed by atoms with Gasteiger partial charge in [-0.25, -0.2) is 0 Å². The molecule has 0 N–H and O–H groups in total. The first-order chi connectivity index (χ1) is 21.3.